The minimum Gasteiger partial charge on any atom is -0.420 e. The topological polar surface area (TPSA) is 26.3 Å². The number of rotatable bonds is 2. The van der Waals surface area contributed by atoms with Crippen LogP contribution in [-0.4, -0.2) is 5.97 Å². The minimum atomic E-state index is -0.576. The van der Waals surface area contributed by atoms with Crippen molar-refractivity contribution in [3.63, 3.8) is 0 Å². The van der Waals surface area contributed by atoms with Gasteiger partial charge in [-0.05, 0) is 19.1 Å². The average molecular weight is 180 g/mol. The summed E-state index contributed by atoms with van der Waals surface area (Å²) in [6.45, 7) is 1.68. The van der Waals surface area contributed by atoms with Crippen LogP contribution in [0.15, 0.2) is 36.4 Å². The second kappa shape index (κ2) is 4.40. The van der Waals surface area contributed by atoms with Crippen molar-refractivity contribution < 1.29 is 13.9 Å². The number of hydrogen-bond acceptors (Lipinski definition) is 2. The highest BCUT2D eigenvalue weighted by Gasteiger charge is 2.04. The molecule has 0 radical (unpaired) electrons. The van der Waals surface area contributed by atoms with E-state index in [1.807, 2.05) is 0 Å². The van der Waals surface area contributed by atoms with Gasteiger partial charge in [0.25, 0.3) is 0 Å². The fraction of sp³-hybridized carbons (Fsp3) is 0.100. The van der Waals surface area contributed by atoms with Gasteiger partial charge in [0.05, 0.1) is 0 Å². The van der Waals surface area contributed by atoms with E-state index in [0.29, 0.717) is 0 Å². The molecule has 0 unspecified atom stereocenters. The van der Waals surface area contributed by atoms with Crippen LogP contribution in [0.4, 0.5) is 4.39 Å². The van der Waals surface area contributed by atoms with Crippen LogP contribution in [0.25, 0.3) is 0 Å². The van der Waals surface area contributed by atoms with Gasteiger partial charge in [0.2, 0.25) is 0 Å². The van der Waals surface area contributed by atoms with Crippen molar-refractivity contribution in [2.75, 3.05) is 0 Å². The highest BCUT2D eigenvalue weighted by atomic mass is 19.1. The van der Waals surface area contributed by atoms with Gasteiger partial charge in [0.1, 0.15) is 0 Å². The van der Waals surface area contributed by atoms with Crippen molar-refractivity contribution >= 4 is 5.97 Å². The number of ether oxygens (including phenoxy) is 1. The minimum absolute atomic E-state index is 0.0504. The van der Waals surface area contributed by atoms with Crippen molar-refractivity contribution in [1.82, 2.24) is 0 Å². The highest BCUT2D eigenvalue weighted by Crippen LogP contribution is 2.15. The molecule has 1 aromatic rings. The number of hydrogen-bond donors (Lipinski definition) is 0. The Morgan fingerprint density at radius 1 is 1.46 bits per heavy atom. The molecule has 0 saturated carbocycles. The van der Waals surface area contributed by atoms with Crippen LogP contribution >= 0.6 is 0 Å². The zero-order valence-corrected chi connectivity index (χ0v) is 7.16. The van der Waals surface area contributed by atoms with Gasteiger partial charge >= 0.3 is 5.97 Å². The smallest absolute Gasteiger partial charge is 0.335 e. The van der Waals surface area contributed by atoms with Crippen LogP contribution < -0.4 is 4.74 Å². The van der Waals surface area contributed by atoms with E-state index in [0.717, 1.165) is 0 Å². The zero-order chi connectivity index (χ0) is 9.68. The summed E-state index contributed by atoms with van der Waals surface area (Å²) in [5, 5.41) is 0. The van der Waals surface area contributed by atoms with E-state index in [2.05, 4.69) is 4.74 Å². The fourth-order valence-electron chi connectivity index (χ4n) is 0.806. The fourth-order valence-corrected chi connectivity index (χ4v) is 0.806. The Labute approximate surface area is 75.6 Å². The van der Waals surface area contributed by atoms with Crippen LogP contribution in [0.1, 0.15) is 6.92 Å². The highest BCUT2D eigenvalue weighted by molar-refractivity contribution is 5.83. The lowest BCUT2D eigenvalue weighted by Crippen LogP contribution is -2.04. The van der Waals surface area contributed by atoms with E-state index in [1.165, 1.54) is 30.4 Å². The van der Waals surface area contributed by atoms with E-state index in [-0.39, 0.29) is 5.75 Å². The molecule has 13 heavy (non-hydrogen) atoms. The van der Waals surface area contributed by atoms with E-state index in [4.69, 9.17) is 0 Å². The first kappa shape index (κ1) is 9.45. The maximum Gasteiger partial charge on any atom is 0.335 e. The SMILES string of the molecule is CC=CC(=O)Oc1ccccc1F. The predicted molar refractivity (Wildman–Crippen MR) is 46.8 cm³/mol. The number of esters is 1. The largest absolute Gasteiger partial charge is 0.420 e. The average Bonchev–Trinajstić information content (AvgIpc) is 2.09. The third-order valence-electron chi connectivity index (χ3n) is 1.35. The van der Waals surface area contributed by atoms with Crippen LogP contribution in [0, 0.1) is 5.82 Å². The maximum absolute atomic E-state index is 12.9. The Morgan fingerprint density at radius 2 is 2.15 bits per heavy atom. The predicted octanol–water partition coefficient (Wildman–Crippen LogP) is 2.31. The lowest BCUT2D eigenvalue weighted by Gasteiger charge is -2.00. The van der Waals surface area contributed by atoms with Gasteiger partial charge in [-0.1, -0.05) is 18.2 Å². The molecule has 0 spiro atoms. The van der Waals surface area contributed by atoms with Crippen molar-refractivity contribution in [2.45, 2.75) is 6.92 Å². The third-order valence-corrected chi connectivity index (χ3v) is 1.35. The Kier molecular flexibility index (Phi) is 3.20. The van der Waals surface area contributed by atoms with Gasteiger partial charge < -0.3 is 4.74 Å². The van der Waals surface area contributed by atoms with E-state index in [1.54, 1.807) is 13.0 Å². The summed E-state index contributed by atoms with van der Waals surface area (Å²) in [4.78, 5) is 10.9. The van der Waals surface area contributed by atoms with Crippen LogP contribution in [0.5, 0.6) is 5.75 Å². The molecule has 0 atom stereocenters. The molecule has 0 aliphatic heterocycles. The van der Waals surface area contributed by atoms with Crippen LogP contribution in [0.2, 0.25) is 0 Å². The van der Waals surface area contributed by atoms with Crippen molar-refractivity contribution in [3.8, 4) is 5.75 Å². The van der Waals surface area contributed by atoms with E-state index < -0.39 is 11.8 Å². The van der Waals surface area contributed by atoms with Crippen LogP contribution in [0.3, 0.4) is 0 Å². The molecule has 0 saturated heterocycles. The number of halogens is 1. The van der Waals surface area contributed by atoms with Gasteiger partial charge in [-0.25, -0.2) is 9.18 Å². The Bertz CT molecular complexity index is 331. The quantitative estimate of drug-likeness (QED) is 0.396. The molecule has 1 aromatic carbocycles. The summed E-state index contributed by atoms with van der Waals surface area (Å²) >= 11 is 0. The summed E-state index contributed by atoms with van der Waals surface area (Å²) in [7, 11) is 0. The summed E-state index contributed by atoms with van der Waals surface area (Å²) in [5.41, 5.74) is 0. The molecule has 1 rings (SSSR count). The van der Waals surface area contributed by atoms with E-state index in [9.17, 15) is 9.18 Å². The zero-order valence-electron chi connectivity index (χ0n) is 7.16. The summed E-state index contributed by atoms with van der Waals surface area (Å²) in [6, 6.07) is 5.76. The van der Waals surface area contributed by atoms with Gasteiger partial charge in [-0.15, -0.1) is 0 Å². The van der Waals surface area contributed by atoms with Gasteiger partial charge in [0, 0.05) is 6.08 Å². The first-order valence-corrected chi connectivity index (χ1v) is 3.83. The first-order chi connectivity index (χ1) is 6.24. The van der Waals surface area contributed by atoms with Crippen molar-refractivity contribution in [3.05, 3.63) is 42.2 Å². The number of carbonyl (C=O) groups is 1. The van der Waals surface area contributed by atoms with Crippen molar-refractivity contribution in [2.24, 2.45) is 0 Å². The molecule has 0 aliphatic carbocycles. The van der Waals surface area contributed by atoms with Gasteiger partial charge in [0.15, 0.2) is 11.6 Å². The van der Waals surface area contributed by atoms with E-state index >= 15 is 0 Å². The van der Waals surface area contributed by atoms with Crippen molar-refractivity contribution in [1.29, 1.82) is 0 Å². The molecule has 0 bridgehead atoms. The summed E-state index contributed by atoms with van der Waals surface area (Å²) in [6.07, 6.45) is 2.76. The van der Waals surface area contributed by atoms with Gasteiger partial charge in [-0.3, -0.25) is 0 Å². The molecule has 0 N–H and O–H groups in total. The van der Waals surface area contributed by atoms with Crippen LogP contribution in [-0.2, 0) is 4.79 Å². The number of para-hydroxylation sites is 1. The molecule has 2 nitrogen and oxygen atoms in total. The third kappa shape index (κ3) is 2.71. The van der Waals surface area contributed by atoms with Gasteiger partial charge in [-0.2, -0.15) is 0 Å². The lowest BCUT2D eigenvalue weighted by molar-refractivity contribution is -0.129. The second-order valence-corrected chi connectivity index (χ2v) is 2.35. The lowest BCUT2D eigenvalue weighted by atomic mass is 10.3. The molecule has 0 fully saturated rings. The second-order valence-electron chi connectivity index (χ2n) is 2.35. The Morgan fingerprint density at radius 3 is 2.77 bits per heavy atom. The monoisotopic (exact) mass is 180 g/mol. The number of allylic oxidation sites excluding steroid dienone is 1. The molecule has 3 heteroatoms. The molecular formula is C10H9FO2. The number of carbonyl (C=O) groups excluding carboxylic acids is 1. The standard InChI is InChI=1S/C10H9FO2/c1-2-5-10(12)13-9-7-4-3-6-8(9)11/h2-7H,1H3. The number of benzene rings is 1. The molecule has 0 amide bonds. The summed E-state index contributed by atoms with van der Waals surface area (Å²) in [5.74, 6) is -1.17. The molecule has 0 aliphatic rings. The Balaban J connectivity index is 2.74. The first-order valence-electron chi connectivity index (χ1n) is 3.83. The summed E-state index contributed by atoms with van der Waals surface area (Å²) < 4.78 is 17.6. The molecule has 0 aromatic heterocycles. The Hall–Kier alpha value is -1.64. The molecule has 0 heterocycles. The molecular weight excluding hydrogens is 171 g/mol. The molecule has 68 valence electrons. The maximum atomic E-state index is 12.9. The normalized spacial score (nSPS) is 10.3.